The highest BCUT2D eigenvalue weighted by atomic mass is 16.6. The second-order valence-electron chi connectivity index (χ2n) is 4.63. The molecule has 0 aliphatic heterocycles. The average Bonchev–Trinajstić information content (AvgIpc) is 2.91. The number of aromatic nitrogens is 3. The highest BCUT2D eigenvalue weighted by Gasteiger charge is 2.14. The molecule has 0 atom stereocenters. The van der Waals surface area contributed by atoms with E-state index in [0.717, 1.165) is 5.56 Å². The fraction of sp³-hybridized carbons (Fsp3) is 0.0714. The van der Waals surface area contributed by atoms with Crippen molar-refractivity contribution in [3.63, 3.8) is 0 Å². The Morgan fingerprint density at radius 2 is 1.95 bits per heavy atom. The summed E-state index contributed by atoms with van der Waals surface area (Å²) in [6.45, 7) is 0.428. The van der Waals surface area contributed by atoms with Gasteiger partial charge in [-0.05, 0) is 11.6 Å². The van der Waals surface area contributed by atoms with Crippen molar-refractivity contribution in [2.45, 2.75) is 6.54 Å². The maximum Gasteiger partial charge on any atom is 0.356 e. The number of nitro benzene ring substituents is 1. The molecule has 2 heterocycles. The van der Waals surface area contributed by atoms with Gasteiger partial charge >= 0.3 is 5.97 Å². The molecule has 1 N–H and O–H groups in total. The summed E-state index contributed by atoms with van der Waals surface area (Å²) < 4.78 is 1.77. The maximum atomic E-state index is 11.1. The van der Waals surface area contributed by atoms with Crippen LogP contribution in [0.3, 0.4) is 0 Å². The quantitative estimate of drug-likeness (QED) is 0.583. The second-order valence-corrected chi connectivity index (χ2v) is 4.63. The lowest BCUT2D eigenvalue weighted by Crippen LogP contribution is -2.02. The third kappa shape index (κ3) is 2.37. The molecule has 0 spiro atoms. The number of carbonyl (C=O) groups is 1. The fourth-order valence-electron chi connectivity index (χ4n) is 2.19. The Morgan fingerprint density at radius 3 is 2.59 bits per heavy atom. The SMILES string of the molecule is O=C(O)c1nccc2c1ncn2Cc1ccc([N+](=O)[O-])cc1. The third-order valence-corrected chi connectivity index (χ3v) is 3.24. The number of nitrogens with zero attached hydrogens (tertiary/aromatic N) is 4. The van der Waals surface area contributed by atoms with Crippen LogP contribution in [0.2, 0.25) is 0 Å². The number of aromatic carboxylic acids is 1. The van der Waals surface area contributed by atoms with Crippen molar-refractivity contribution in [2.75, 3.05) is 0 Å². The molecule has 0 aliphatic carbocycles. The number of carboxylic acid groups (broad SMARTS) is 1. The highest BCUT2D eigenvalue weighted by Crippen LogP contribution is 2.18. The van der Waals surface area contributed by atoms with Gasteiger partial charge in [0.1, 0.15) is 5.52 Å². The molecule has 110 valence electrons. The van der Waals surface area contributed by atoms with Gasteiger partial charge in [0.15, 0.2) is 5.69 Å². The van der Waals surface area contributed by atoms with Gasteiger partial charge in [-0.3, -0.25) is 10.1 Å². The van der Waals surface area contributed by atoms with Gasteiger partial charge in [0.05, 0.1) is 16.8 Å². The smallest absolute Gasteiger partial charge is 0.356 e. The predicted octanol–water partition coefficient (Wildman–Crippen LogP) is 2.09. The van der Waals surface area contributed by atoms with Crippen molar-refractivity contribution in [1.82, 2.24) is 14.5 Å². The van der Waals surface area contributed by atoms with Crippen LogP contribution in [0, 0.1) is 10.1 Å². The van der Waals surface area contributed by atoms with Gasteiger partial charge < -0.3 is 9.67 Å². The molecule has 0 fully saturated rings. The number of fused-ring (bicyclic) bond motifs is 1. The summed E-state index contributed by atoms with van der Waals surface area (Å²) >= 11 is 0. The standard InChI is InChI=1S/C14H10N4O4/c19-14(20)13-12-11(5-6-15-13)17(8-16-12)7-9-1-3-10(4-2-9)18(21)22/h1-6,8H,7H2,(H,19,20). The van der Waals surface area contributed by atoms with E-state index in [-0.39, 0.29) is 11.4 Å². The number of benzene rings is 1. The second kappa shape index (κ2) is 5.24. The molecular weight excluding hydrogens is 288 g/mol. The Morgan fingerprint density at radius 1 is 1.23 bits per heavy atom. The van der Waals surface area contributed by atoms with Crippen LogP contribution in [-0.4, -0.2) is 30.5 Å². The van der Waals surface area contributed by atoms with Gasteiger partial charge in [-0.2, -0.15) is 0 Å². The first-order valence-electron chi connectivity index (χ1n) is 6.33. The van der Waals surface area contributed by atoms with Crippen LogP contribution < -0.4 is 0 Å². The zero-order valence-corrected chi connectivity index (χ0v) is 11.2. The van der Waals surface area contributed by atoms with Crippen molar-refractivity contribution in [3.05, 3.63) is 64.2 Å². The van der Waals surface area contributed by atoms with Crippen molar-refractivity contribution >= 4 is 22.7 Å². The molecule has 0 amide bonds. The lowest BCUT2D eigenvalue weighted by Gasteiger charge is -2.04. The average molecular weight is 298 g/mol. The van der Waals surface area contributed by atoms with E-state index in [2.05, 4.69) is 9.97 Å². The first-order valence-corrected chi connectivity index (χ1v) is 6.33. The van der Waals surface area contributed by atoms with E-state index in [0.29, 0.717) is 17.6 Å². The van der Waals surface area contributed by atoms with Crippen molar-refractivity contribution in [2.24, 2.45) is 0 Å². The summed E-state index contributed by atoms with van der Waals surface area (Å²) in [5.74, 6) is -1.13. The molecular formula is C14H10N4O4. The maximum absolute atomic E-state index is 11.1. The molecule has 8 nitrogen and oxygen atoms in total. The van der Waals surface area contributed by atoms with Crippen molar-refractivity contribution < 1.29 is 14.8 Å². The number of nitro groups is 1. The molecule has 0 saturated carbocycles. The molecule has 0 saturated heterocycles. The molecule has 0 unspecified atom stereocenters. The van der Waals surface area contributed by atoms with Gasteiger partial charge in [0.2, 0.25) is 0 Å². The van der Waals surface area contributed by atoms with E-state index in [1.807, 2.05) is 0 Å². The summed E-state index contributed by atoms with van der Waals surface area (Å²) in [6, 6.07) is 7.85. The Kier molecular flexibility index (Phi) is 3.26. The molecule has 1 aromatic carbocycles. The lowest BCUT2D eigenvalue weighted by atomic mass is 10.2. The number of rotatable bonds is 4. The Labute approximate surface area is 123 Å². The lowest BCUT2D eigenvalue weighted by molar-refractivity contribution is -0.384. The van der Waals surface area contributed by atoms with E-state index in [1.165, 1.54) is 24.7 Å². The number of imidazole rings is 1. The van der Waals surface area contributed by atoms with Crippen LogP contribution in [0.25, 0.3) is 11.0 Å². The normalized spacial score (nSPS) is 10.7. The minimum absolute atomic E-state index is 0.0246. The molecule has 0 radical (unpaired) electrons. The minimum atomic E-state index is -1.13. The first kappa shape index (κ1) is 13.7. The largest absolute Gasteiger partial charge is 0.476 e. The van der Waals surface area contributed by atoms with E-state index in [9.17, 15) is 14.9 Å². The van der Waals surface area contributed by atoms with E-state index < -0.39 is 10.9 Å². The topological polar surface area (TPSA) is 111 Å². The number of non-ortho nitro benzene ring substituents is 1. The zero-order valence-electron chi connectivity index (χ0n) is 11.2. The van der Waals surface area contributed by atoms with E-state index >= 15 is 0 Å². The van der Waals surface area contributed by atoms with Gasteiger partial charge in [0.25, 0.3) is 5.69 Å². The van der Waals surface area contributed by atoms with Crippen molar-refractivity contribution in [1.29, 1.82) is 0 Å². The first-order chi connectivity index (χ1) is 10.6. The Bertz CT molecular complexity index is 870. The highest BCUT2D eigenvalue weighted by molar-refractivity contribution is 5.98. The number of hydrogen-bond acceptors (Lipinski definition) is 5. The van der Waals surface area contributed by atoms with Crippen LogP contribution in [0.1, 0.15) is 16.1 Å². The van der Waals surface area contributed by atoms with Crippen LogP contribution >= 0.6 is 0 Å². The summed E-state index contributed by atoms with van der Waals surface area (Å²) in [5.41, 5.74) is 1.73. The zero-order chi connectivity index (χ0) is 15.7. The summed E-state index contributed by atoms with van der Waals surface area (Å²) in [4.78, 5) is 29.2. The van der Waals surface area contributed by atoms with Gasteiger partial charge in [-0.1, -0.05) is 12.1 Å². The van der Waals surface area contributed by atoms with E-state index in [1.54, 1.807) is 22.8 Å². The van der Waals surface area contributed by atoms with Gasteiger partial charge in [-0.25, -0.2) is 14.8 Å². The summed E-state index contributed by atoms with van der Waals surface area (Å²) in [7, 11) is 0. The van der Waals surface area contributed by atoms with Crippen LogP contribution in [0.4, 0.5) is 5.69 Å². The molecule has 8 heteroatoms. The number of pyridine rings is 1. The molecule has 2 aromatic heterocycles. The van der Waals surface area contributed by atoms with Crippen molar-refractivity contribution in [3.8, 4) is 0 Å². The predicted molar refractivity (Wildman–Crippen MR) is 76.7 cm³/mol. The van der Waals surface area contributed by atoms with Gasteiger partial charge in [-0.15, -0.1) is 0 Å². The molecule has 0 bridgehead atoms. The Hall–Kier alpha value is -3.29. The molecule has 3 aromatic rings. The molecule has 0 aliphatic rings. The van der Waals surface area contributed by atoms with Crippen LogP contribution in [0.15, 0.2) is 42.9 Å². The minimum Gasteiger partial charge on any atom is -0.476 e. The summed E-state index contributed by atoms with van der Waals surface area (Å²) in [6.07, 6.45) is 2.94. The third-order valence-electron chi connectivity index (χ3n) is 3.24. The van der Waals surface area contributed by atoms with Crippen LogP contribution in [-0.2, 0) is 6.54 Å². The van der Waals surface area contributed by atoms with Gasteiger partial charge in [0, 0.05) is 24.9 Å². The molecule has 3 rings (SSSR count). The monoisotopic (exact) mass is 298 g/mol. The fourth-order valence-corrected chi connectivity index (χ4v) is 2.19. The molecule has 22 heavy (non-hydrogen) atoms. The number of hydrogen-bond donors (Lipinski definition) is 1. The van der Waals surface area contributed by atoms with Crippen LogP contribution in [0.5, 0.6) is 0 Å². The number of carboxylic acids is 1. The van der Waals surface area contributed by atoms with E-state index in [4.69, 9.17) is 5.11 Å². The Balaban J connectivity index is 1.96. The summed E-state index contributed by atoms with van der Waals surface area (Å²) in [5, 5.41) is 19.7.